The molecule has 3 aliphatic heterocycles. The van der Waals surface area contributed by atoms with Gasteiger partial charge in [-0.1, -0.05) is 42.0 Å². The number of benzene rings is 1. The third-order valence-electron chi connectivity index (χ3n) is 6.89. The number of nitrogens with one attached hydrogen (secondary N) is 1. The fourth-order valence-corrected chi connectivity index (χ4v) is 5.13. The van der Waals surface area contributed by atoms with Gasteiger partial charge in [-0.2, -0.15) is 0 Å². The van der Waals surface area contributed by atoms with E-state index in [2.05, 4.69) is 44.3 Å². The van der Waals surface area contributed by atoms with Crippen LogP contribution < -0.4 is 5.32 Å². The molecule has 1 spiro atoms. The van der Waals surface area contributed by atoms with Gasteiger partial charge in [-0.25, -0.2) is 0 Å². The number of hydrogen-bond donors (Lipinski definition) is 1. The Morgan fingerprint density at radius 2 is 1.89 bits per heavy atom. The van der Waals surface area contributed by atoms with E-state index in [1.165, 1.54) is 6.92 Å². The quantitative estimate of drug-likeness (QED) is 0.308. The molecule has 8 nitrogen and oxygen atoms in total. The second kappa shape index (κ2) is 11.5. The first-order valence-electron chi connectivity index (χ1n) is 13.0. The van der Waals surface area contributed by atoms with Gasteiger partial charge in [-0.3, -0.25) is 9.59 Å². The van der Waals surface area contributed by atoms with Crippen LogP contribution in [0, 0.1) is 5.92 Å². The topological polar surface area (TPSA) is 95.6 Å². The molecule has 1 aromatic carbocycles. The van der Waals surface area contributed by atoms with Crippen molar-refractivity contribution in [1.29, 1.82) is 0 Å². The molecular formula is C29H39NO7. The molecule has 1 N–H and O–H groups in total. The van der Waals surface area contributed by atoms with Gasteiger partial charge in [0.15, 0.2) is 0 Å². The Bertz CT molecular complexity index is 1030. The molecule has 0 aliphatic carbocycles. The highest BCUT2D eigenvalue weighted by atomic mass is 16.7. The molecule has 3 fully saturated rings. The molecule has 3 saturated heterocycles. The number of allylic oxidation sites excluding steroid dienone is 3. The van der Waals surface area contributed by atoms with E-state index in [9.17, 15) is 9.59 Å². The summed E-state index contributed by atoms with van der Waals surface area (Å²) in [6.07, 6.45) is 7.78. The highest BCUT2D eigenvalue weighted by molar-refractivity contribution is 5.95. The van der Waals surface area contributed by atoms with E-state index >= 15 is 0 Å². The summed E-state index contributed by atoms with van der Waals surface area (Å²) in [6.45, 7) is 11.2. The van der Waals surface area contributed by atoms with Crippen LogP contribution in [0.5, 0.6) is 0 Å². The molecule has 8 heteroatoms. The van der Waals surface area contributed by atoms with Crippen molar-refractivity contribution in [2.24, 2.45) is 5.92 Å². The maximum absolute atomic E-state index is 12.9. The van der Waals surface area contributed by atoms with Gasteiger partial charge >= 0.3 is 5.97 Å². The van der Waals surface area contributed by atoms with Gasteiger partial charge in [0.05, 0.1) is 37.1 Å². The number of rotatable bonds is 8. The van der Waals surface area contributed by atoms with Crippen molar-refractivity contribution in [3.8, 4) is 0 Å². The third-order valence-corrected chi connectivity index (χ3v) is 6.89. The second-order valence-electron chi connectivity index (χ2n) is 11.0. The average Bonchev–Trinajstić information content (AvgIpc) is 3.58. The summed E-state index contributed by atoms with van der Waals surface area (Å²) in [5, 5.41) is 2.77. The summed E-state index contributed by atoms with van der Waals surface area (Å²) >= 11 is 0. The Morgan fingerprint density at radius 3 is 2.57 bits per heavy atom. The van der Waals surface area contributed by atoms with E-state index in [1.807, 2.05) is 0 Å². The normalized spacial score (nSPS) is 30.2. The summed E-state index contributed by atoms with van der Waals surface area (Å²) in [7, 11) is 0. The number of epoxide rings is 1. The average molecular weight is 514 g/mol. The molecule has 0 bridgehead atoms. The number of hydrogen-bond acceptors (Lipinski definition) is 7. The second-order valence-corrected chi connectivity index (χ2v) is 11.0. The summed E-state index contributed by atoms with van der Waals surface area (Å²) in [6, 6.07) is 7.02. The predicted molar refractivity (Wildman–Crippen MR) is 138 cm³/mol. The standard InChI is InChI=1S/C29H39NO7/c1-19(11-13-23-14-29(18-35-29)17-28(4,5)37-23)10-12-22-15-33-27(34-16-22)30-26(32)25-9-7-6-8-24(25)20(2)36-21(3)31/h6-11,13,20,22-23,27H,12,14-18H2,1-5H3,(H,30,32)/b13-11+,19-10+/t20-,22-,23+,27+,29+/m0/s1. The molecule has 3 heterocycles. The van der Waals surface area contributed by atoms with Gasteiger partial charge in [0.2, 0.25) is 6.41 Å². The number of esters is 1. The molecule has 3 aliphatic rings. The lowest BCUT2D eigenvalue weighted by molar-refractivity contribution is -0.208. The van der Waals surface area contributed by atoms with Crippen molar-refractivity contribution in [2.45, 2.75) is 83.7 Å². The molecule has 4 rings (SSSR count). The van der Waals surface area contributed by atoms with Crippen LogP contribution in [0.1, 0.15) is 75.9 Å². The third kappa shape index (κ3) is 7.74. The van der Waals surface area contributed by atoms with E-state index in [0.717, 1.165) is 31.4 Å². The summed E-state index contributed by atoms with van der Waals surface area (Å²) < 4.78 is 28.7. The Morgan fingerprint density at radius 1 is 1.19 bits per heavy atom. The molecule has 1 aromatic rings. The molecule has 37 heavy (non-hydrogen) atoms. The smallest absolute Gasteiger partial charge is 0.303 e. The first-order valence-corrected chi connectivity index (χ1v) is 13.0. The van der Waals surface area contributed by atoms with Crippen molar-refractivity contribution in [2.75, 3.05) is 19.8 Å². The van der Waals surface area contributed by atoms with Crippen LogP contribution in [-0.4, -0.2) is 55.4 Å². The van der Waals surface area contributed by atoms with Crippen molar-refractivity contribution < 1.29 is 33.3 Å². The van der Waals surface area contributed by atoms with Gasteiger partial charge in [-0.05, 0) is 40.2 Å². The lowest BCUT2D eigenvalue weighted by Crippen LogP contribution is -2.44. The molecule has 0 unspecified atom stereocenters. The maximum atomic E-state index is 12.9. The van der Waals surface area contributed by atoms with Crippen LogP contribution in [0.4, 0.5) is 0 Å². The largest absolute Gasteiger partial charge is 0.458 e. The predicted octanol–water partition coefficient (Wildman–Crippen LogP) is 4.61. The highest BCUT2D eigenvalue weighted by Crippen LogP contribution is 2.46. The minimum atomic E-state index is -0.824. The summed E-state index contributed by atoms with van der Waals surface area (Å²) in [5.74, 6) is -0.550. The minimum absolute atomic E-state index is 0.0137. The fourth-order valence-electron chi connectivity index (χ4n) is 5.13. The fraction of sp³-hybridized carbons (Fsp3) is 0.586. The Balaban J connectivity index is 1.23. The number of carbonyl (C=O) groups is 2. The molecule has 1 amide bonds. The summed E-state index contributed by atoms with van der Waals surface area (Å²) in [4.78, 5) is 24.2. The van der Waals surface area contributed by atoms with Gasteiger partial charge in [0, 0.05) is 36.8 Å². The van der Waals surface area contributed by atoms with E-state index in [1.54, 1.807) is 31.2 Å². The summed E-state index contributed by atoms with van der Waals surface area (Å²) in [5.41, 5.74) is 2.04. The van der Waals surface area contributed by atoms with Crippen LogP contribution in [0.3, 0.4) is 0 Å². The van der Waals surface area contributed by atoms with Crippen molar-refractivity contribution >= 4 is 11.9 Å². The first kappa shape index (κ1) is 27.5. The van der Waals surface area contributed by atoms with Crippen molar-refractivity contribution in [1.82, 2.24) is 5.32 Å². The molecule has 0 aromatic heterocycles. The van der Waals surface area contributed by atoms with E-state index in [4.69, 9.17) is 23.7 Å². The van der Waals surface area contributed by atoms with Crippen LogP contribution in [0.25, 0.3) is 0 Å². The van der Waals surface area contributed by atoms with Crippen molar-refractivity contribution in [3.63, 3.8) is 0 Å². The highest BCUT2D eigenvalue weighted by Gasteiger charge is 2.53. The van der Waals surface area contributed by atoms with Crippen molar-refractivity contribution in [3.05, 3.63) is 59.2 Å². The zero-order valence-electron chi connectivity index (χ0n) is 22.5. The Kier molecular flexibility index (Phi) is 8.53. The molecule has 202 valence electrons. The minimum Gasteiger partial charge on any atom is -0.458 e. The van der Waals surface area contributed by atoms with E-state index < -0.39 is 18.5 Å². The molecular weight excluding hydrogens is 474 g/mol. The van der Waals surface area contributed by atoms with Crippen LogP contribution in [0.2, 0.25) is 0 Å². The van der Waals surface area contributed by atoms with Crippen LogP contribution >= 0.6 is 0 Å². The lowest BCUT2D eigenvalue weighted by atomic mass is 9.85. The molecule has 0 saturated carbocycles. The number of ether oxygens (including phenoxy) is 5. The number of amides is 1. The molecule has 3 atom stereocenters. The van der Waals surface area contributed by atoms with Crippen LogP contribution in [-0.2, 0) is 28.5 Å². The maximum Gasteiger partial charge on any atom is 0.303 e. The van der Waals surface area contributed by atoms with E-state index in [-0.39, 0.29) is 29.1 Å². The lowest BCUT2D eigenvalue weighted by Gasteiger charge is -2.38. The van der Waals surface area contributed by atoms with Gasteiger partial charge < -0.3 is 29.0 Å². The number of carbonyl (C=O) groups excluding carboxylic acids is 2. The monoisotopic (exact) mass is 513 g/mol. The van der Waals surface area contributed by atoms with Gasteiger partial charge in [0.25, 0.3) is 5.91 Å². The van der Waals surface area contributed by atoms with Gasteiger partial charge in [-0.15, -0.1) is 0 Å². The first-order chi connectivity index (χ1) is 17.5. The Labute approximate surface area is 219 Å². The van der Waals surface area contributed by atoms with E-state index in [0.29, 0.717) is 24.3 Å². The molecule has 0 radical (unpaired) electrons. The zero-order valence-corrected chi connectivity index (χ0v) is 22.5. The Hall–Kier alpha value is -2.52. The van der Waals surface area contributed by atoms with Crippen LogP contribution in [0.15, 0.2) is 48.1 Å². The SMILES string of the molecule is CC(=O)O[C@@H](C)c1ccccc1C(=O)N[C@H]1OC[C@@H](C/C=C(C)/C=C/[C@@H]2C[C@]3(CO3)CC(C)(C)O2)CO1. The zero-order chi connectivity index (χ0) is 26.6. The van der Waals surface area contributed by atoms with Gasteiger partial charge in [0.1, 0.15) is 6.10 Å².